The van der Waals surface area contributed by atoms with Crippen LogP contribution in [0.25, 0.3) is 0 Å². The van der Waals surface area contributed by atoms with E-state index in [1.54, 1.807) is 24.3 Å². The van der Waals surface area contributed by atoms with Crippen LogP contribution in [0.15, 0.2) is 24.3 Å². The van der Waals surface area contributed by atoms with Gasteiger partial charge in [0.05, 0.1) is 19.1 Å². The van der Waals surface area contributed by atoms with Crippen molar-refractivity contribution in [3.05, 3.63) is 29.8 Å². The zero-order chi connectivity index (χ0) is 14.1. The molecule has 19 heavy (non-hydrogen) atoms. The lowest BCUT2D eigenvalue weighted by Gasteiger charge is -2.08. The summed E-state index contributed by atoms with van der Waals surface area (Å²) in [4.78, 5) is 22.2. The largest absolute Gasteiger partial charge is 0.482 e. The molecule has 0 atom stereocenters. The van der Waals surface area contributed by atoms with Gasteiger partial charge in [-0.05, 0) is 12.1 Å². The molecule has 0 heterocycles. The van der Waals surface area contributed by atoms with Gasteiger partial charge < -0.3 is 14.8 Å². The average molecular weight is 262 g/mol. The lowest BCUT2D eigenvalue weighted by Crippen LogP contribution is -2.31. The number of rotatable bonds is 6. The first-order valence-corrected chi connectivity index (χ1v) is 5.63. The van der Waals surface area contributed by atoms with E-state index in [1.165, 1.54) is 7.11 Å². The molecule has 6 heteroatoms. The van der Waals surface area contributed by atoms with Crippen molar-refractivity contribution in [1.82, 2.24) is 5.32 Å². The molecule has 1 aromatic carbocycles. The second-order valence-electron chi connectivity index (χ2n) is 3.57. The summed E-state index contributed by atoms with van der Waals surface area (Å²) < 4.78 is 9.66. The number of methoxy groups -OCH3 is 1. The number of para-hydroxylation sites is 1. The molecule has 0 aliphatic heterocycles. The standard InChI is InChI=1S/C13H14N2O4/c1-18-13(17)6-7-15-12(16)9-19-11-5-3-2-4-10(11)8-14/h2-5H,6-7,9H2,1H3,(H,15,16). The summed E-state index contributed by atoms with van der Waals surface area (Å²) in [6, 6.07) is 8.60. The van der Waals surface area contributed by atoms with Crippen LogP contribution in [0, 0.1) is 11.3 Å². The van der Waals surface area contributed by atoms with Crippen LogP contribution in [0.2, 0.25) is 0 Å². The van der Waals surface area contributed by atoms with Crippen LogP contribution in [0.1, 0.15) is 12.0 Å². The molecule has 1 N–H and O–H groups in total. The van der Waals surface area contributed by atoms with Gasteiger partial charge in [0, 0.05) is 6.54 Å². The fraction of sp³-hybridized carbons (Fsp3) is 0.308. The number of nitriles is 1. The molecule has 0 saturated heterocycles. The van der Waals surface area contributed by atoms with Crippen LogP contribution in [-0.4, -0.2) is 32.1 Å². The number of nitrogens with one attached hydrogen (secondary N) is 1. The van der Waals surface area contributed by atoms with Gasteiger partial charge in [-0.1, -0.05) is 12.1 Å². The molecule has 0 fully saturated rings. The third kappa shape index (κ3) is 5.08. The van der Waals surface area contributed by atoms with E-state index in [0.29, 0.717) is 11.3 Å². The molecule has 1 rings (SSSR count). The maximum absolute atomic E-state index is 11.4. The Morgan fingerprint density at radius 3 is 2.79 bits per heavy atom. The number of hydrogen-bond donors (Lipinski definition) is 1. The Bertz CT molecular complexity index is 494. The summed E-state index contributed by atoms with van der Waals surface area (Å²) in [5.74, 6) is -0.402. The smallest absolute Gasteiger partial charge is 0.307 e. The number of benzene rings is 1. The van der Waals surface area contributed by atoms with Gasteiger partial charge in [0.15, 0.2) is 6.61 Å². The summed E-state index contributed by atoms with van der Waals surface area (Å²) >= 11 is 0. The van der Waals surface area contributed by atoms with Crippen molar-refractivity contribution in [2.75, 3.05) is 20.3 Å². The van der Waals surface area contributed by atoms with Crippen LogP contribution in [-0.2, 0) is 14.3 Å². The van der Waals surface area contributed by atoms with E-state index < -0.39 is 5.97 Å². The van der Waals surface area contributed by atoms with E-state index in [0.717, 1.165) is 0 Å². The summed E-state index contributed by atoms with van der Waals surface area (Å²) in [5.41, 5.74) is 0.366. The highest BCUT2D eigenvalue weighted by Gasteiger charge is 2.07. The Kier molecular flexibility index (Phi) is 5.89. The number of nitrogens with zero attached hydrogens (tertiary/aromatic N) is 1. The number of hydrogen-bond acceptors (Lipinski definition) is 5. The first kappa shape index (κ1) is 14.5. The molecule has 0 unspecified atom stereocenters. The molecule has 0 aliphatic rings. The summed E-state index contributed by atoms with van der Waals surface area (Å²) in [5, 5.41) is 11.3. The topological polar surface area (TPSA) is 88.4 Å². The van der Waals surface area contributed by atoms with Crippen LogP contribution in [0.5, 0.6) is 5.75 Å². The molecule has 0 spiro atoms. The lowest BCUT2D eigenvalue weighted by molar-refractivity contribution is -0.140. The monoisotopic (exact) mass is 262 g/mol. The first-order valence-electron chi connectivity index (χ1n) is 5.63. The summed E-state index contributed by atoms with van der Waals surface area (Å²) in [6.07, 6.45) is 0.108. The third-order valence-corrected chi connectivity index (χ3v) is 2.25. The first-order chi connectivity index (χ1) is 9.17. The molecule has 1 aromatic rings. The van der Waals surface area contributed by atoms with Gasteiger partial charge in [-0.25, -0.2) is 0 Å². The van der Waals surface area contributed by atoms with Crippen LogP contribution < -0.4 is 10.1 Å². The van der Waals surface area contributed by atoms with Crippen molar-refractivity contribution >= 4 is 11.9 Å². The van der Waals surface area contributed by atoms with E-state index in [2.05, 4.69) is 10.1 Å². The molecule has 0 bridgehead atoms. The highest BCUT2D eigenvalue weighted by Crippen LogP contribution is 2.15. The van der Waals surface area contributed by atoms with Crippen molar-refractivity contribution in [1.29, 1.82) is 5.26 Å². The molecule has 0 aromatic heterocycles. The van der Waals surface area contributed by atoms with Crippen molar-refractivity contribution in [3.63, 3.8) is 0 Å². The van der Waals surface area contributed by atoms with E-state index in [9.17, 15) is 9.59 Å². The SMILES string of the molecule is COC(=O)CCNC(=O)COc1ccccc1C#N. The fourth-order valence-electron chi connectivity index (χ4n) is 1.29. The van der Waals surface area contributed by atoms with Crippen molar-refractivity contribution < 1.29 is 19.1 Å². The number of carbonyl (C=O) groups is 2. The van der Waals surface area contributed by atoms with Gasteiger partial charge in [0.2, 0.25) is 0 Å². The van der Waals surface area contributed by atoms with Crippen LogP contribution in [0.4, 0.5) is 0 Å². The van der Waals surface area contributed by atoms with E-state index in [1.807, 2.05) is 6.07 Å². The Morgan fingerprint density at radius 2 is 2.11 bits per heavy atom. The maximum Gasteiger partial charge on any atom is 0.307 e. The predicted molar refractivity (Wildman–Crippen MR) is 66.3 cm³/mol. The number of ether oxygens (including phenoxy) is 2. The quantitative estimate of drug-likeness (QED) is 0.759. The molecule has 0 radical (unpaired) electrons. The fourth-order valence-corrected chi connectivity index (χ4v) is 1.29. The molecule has 0 saturated carbocycles. The van der Waals surface area contributed by atoms with Gasteiger partial charge in [0.25, 0.3) is 5.91 Å². The molecule has 100 valence electrons. The zero-order valence-electron chi connectivity index (χ0n) is 10.5. The van der Waals surface area contributed by atoms with Gasteiger partial charge in [-0.2, -0.15) is 5.26 Å². The third-order valence-electron chi connectivity index (χ3n) is 2.25. The zero-order valence-corrected chi connectivity index (χ0v) is 10.5. The van der Waals surface area contributed by atoms with Crippen LogP contribution in [0.3, 0.4) is 0 Å². The minimum atomic E-state index is -0.393. The van der Waals surface area contributed by atoms with E-state index >= 15 is 0 Å². The van der Waals surface area contributed by atoms with E-state index in [4.69, 9.17) is 10.00 Å². The number of carbonyl (C=O) groups excluding carboxylic acids is 2. The summed E-state index contributed by atoms with van der Waals surface area (Å²) in [7, 11) is 1.28. The van der Waals surface area contributed by atoms with Crippen molar-refractivity contribution in [2.24, 2.45) is 0 Å². The predicted octanol–water partition coefficient (Wildman–Crippen LogP) is 0.616. The Labute approximate surface area is 110 Å². The van der Waals surface area contributed by atoms with Gasteiger partial charge in [-0.15, -0.1) is 0 Å². The Balaban J connectivity index is 2.34. The minimum absolute atomic E-state index is 0.108. The second-order valence-corrected chi connectivity index (χ2v) is 3.57. The maximum atomic E-state index is 11.4. The van der Waals surface area contributed by atoms with Crippen LogP contribution >= 0.6 is 0 Å². The Hall–Kier alpha value is -2.55. The number of esters is 1. The normalized spacial score (nSPS) is 9.26. The molecule has 1 amide bonds. The van der Waals surface area contributed by atoms with Crippen molar-refractivity contribution in [3.8, 4) is 11.8 Å². The second kappa shape index (κ2) is 7.71. The van der Waals surface area contributed by atoms with Gasteiger partial charge >= 0.3 is 5.97 Å². The highest BCUT2D eigenvalue weighted by molar-refractivity contribution is 5.78. The molecular formula is C13H14N2O4. The molecule has 0 aliphatic carbocycles. The molecule has 6 nitrogen and oxygen atoms in total. The van der Waals surface area contributed by atoms with Crippen molar-refractivity contribution in [2.45, 2.75) is 6.42 Å². The van der Waals surface area contributed by atoms with Gasteiger partial charge in [0.1, 0.15) is 11.8 Å². The van der Waals surface area contributed by atoms with Gasteiger partial charge in [-0.3, -0.25) is 9.59 Å². The Morgan fingerprint density at radius 1 is 1.37 bits per heavy atom. The lowest BCUT2D eigenvalue weighted by atomic mass is 10.2. The summed E-state index contributed by atoms with van der Waals surface area (Å²) in [6.45, 7) is -0.0192. The molecular weight excluding hydrogens is 248 g/mol. The van der Waals surface area contributed by atoms with E-state index in [-0.39, 0.29) is 25.5 Å². The number of amides is 1. The highest BCUT2D eigenvalue weighted by atomic mass is 16.5. The average Bonchev–Trinajstić information content (AvgIpc) is 2.45. The minimum Gasteiger partial charge on any atom is -0.482 e.